The Hall–Kier alpha value is -2.52. The van der Waals surface area contributed by atoms with Crippen molar-refractivity contribution in [3.8, 4) is 0 Å². The second-order valence-corrected chi connectivity index (χ2v) is 7.36. The van der Waals surface area contributed by atoms with E-state index in [0.29, 0.717) is 17.6 Å². The fourth-order valence-corrected chi connectivity index (χ4v) is 2.19. The van der Waals surface area contributed by atoms with Gasteiger partial charge in [0, 0.05) is 19.2 Å². The summed E-state index contributed by atoms with van der Waals surface area (Å²) in [6.07, 6.45) is 3.54. The lowest BCUT2D eigenvalue weighted by Crippen LogP contribution is -2.24. The zero-order valence-electron chi connectivity index (χ0n) is 13.5. The second kappa shape index (κ2) is 7.58. The molecule has 1 aromatic heterocycles. The van der Waals surface area contributed by atoms with Crippen molar-refractivity contribution in [3.63, 3.8) is 0 Å². The summed E-state index contributed by atoms with van der Waals surface area (Å²) in [5.74, 6) is -1.53. The number of carbonyl (C=O) groups excluding carboxylic acids is 1. The maximum absolute atomic E-state index is 13.4. The molecule has 0 aliphatic carbocycles. The molecule has 1 N–H and O–H groups in total. The summed E-state index contributed by atoms with van der Waals surface area (Å²) in [7, 11) is -1.92. The van der Waals surface area contributed by atoms with E-state index in [9.17, 15) is 22.0 Å². The van der Waals surface area contributed by atoms with E-state index in [1.165, 1.54) is 13.1 Å². The van der Waals surface area contributed by atoms with Gasteiger partial charge in [0.05, 0.1) is 18.5 Å². The summed E-state index contributed by atoms with van der Waals surface area (Å²) in [5, 5.41) is 2.27. The highest BCUT2D eigenvalue weighted by Crippen LogP contribution is 2.16. The second-order valence-electron chi connectivity index (χ2n) is 5.27. The van der Waals surface area contributed by atoms with Crippen molar-refractivity contribution in [1.29, 1.82) is 0 Å². The smallest absolute Gasteiger partial charge is 0.248 e. The molecule has 0 atom stereocenters. The molecule has 134 valence electrons. The lowest BCUT2D eigenvalue weighted by Gasteiger charge is -2.11. The van der Waals surface area contributed by atoms with Crippen LogP contribution in [-0.4, -0.2) is 31.9 Å². The first-order valence-corrected chi connectivity index (χ1v) is 8.94. The Balaban J connectivity index is 1.98. The molecule has 0 saturated carbocycles. The SMILES string of the molecule is CN(Cc1ccc(/C=C/C(=O)Nc2ccc(F)cc2F)o1)S(C)(=O)=O. The average Bonchev–Trinajstić information content (AvgIpc) is 2.95. The van der Waals surface area contributed by atoms with Crippen LogP contribution in [0.25, 0.3) is 6.08 Å². The number of hydrogen-bond donors (Lipinski definition) is 1. The first-order chi connectivity index (χ1) is 11.6. The highest BCUT2D eigenvalue weighted by Gasteiger charge is 2.13. The third kappa shape index (κ3) is 5.50. The number of carbonyl (C=O) groups is 1. The maximum atomic E-state index is 13.4. The molecule has 0 unspecified atom stereocenters. The first kappa shape index (κ1) is 18.8. The predicted molar refractivity (Wildman–Crippen MR) is 89.0 cm³/mol. The maximum Gasteiger partial charge on any atom is 0.248 e. The molecule has 0 radical (unpaired) electrons. The molecule has 2 aromatic rings. The molecular weight excluding hydrogens is 354 g/mol. The standard InChI is InChI=1S/C16H16F2N2O4S/c1-20(25(2,22)23)10-13-5-4-12(24-13)6-8-16(21)19-15-7-3-11(17)9-14(15)18/h3-9H,10H2,1-2H3,(H,19,21)/b8-6+. The zero-order chi connectivity index (χ0) is 18.6. The van der Waals surface area contributed by atoms with Crippen LogP contribution in [0.2, 0.25) is 0 Å². The van der Waals surface area contributed by atoms with Crippen molar-refractivity contribution in [2.45, 2.75) is 6.54 Å². The number of benzene rings is 1. The average molecular weight is 370 g/mol. The molecule has 0 saturated heterocycles. The quantitative estimate of drug-likeness (QED) is 0.793. The van der Waals surface area contributed by atoms with E-state index in [1.54, 1.807) is 12.1 Å². The minimum atomic E-state index is -3.33. The van der Waals surface area contributed by atoms with Crippen molar-refractivity contribution >= 4 is 27.7 Å². The molecule has 0 aliphatic heterocycles. The molecule has 0 fully saturated rings. The van der Waals surface area contributed by atoms with Crippen LogP contribution in [0.1, 0.15) is 11.5 Å². The minimum absolute atomic E-state index is 0.0552. The van der Waals surface area contributed by atoms with Crippen molar-refractivity contribution in [2.24, 2.45) is 0 Å². The van der Waals surface area contributed by atoms with E-state index >= 15 is 0 Å². The summed E-state index contributed by atoms with van der Waals surface area (Å²) in [5.41, 5.74) is -0.147. The molecule has 0 spiro atoms. The van der Waals surface area contributed by atoms with E-state index in [2.05, 4.69) is 5.32 Å². The lowest BCUT2D eigenvalue weighted by molar-refractivity contribution is -0.111. The van der Waals surface area contributed by atoms with Gasteiger partial charge in [0.1, 0.15) is 23.2 Å². The number of sulfonamides is 1. The number of rotatable bonds is 6. The Morgan fingerprint density at radius 3 is 2.64 bits per heavy atom. The van der Waals surface area contributed by atoms with Gasteiger partial charge in [-0.3, -0.25) is 4.79 Å². The summed E-state index contributed by atoms with van der Waals surface area (Å²) in [6.45, 7) is 0.0552. The van der Waals surface area contributed by atoms with Gasteiger partial charge < -0.3 is 9.73 Å². The van der Waals surface area contributed by atoms with Crippen LogP contribution in [0.5, 0.6) is 0 Å². The van der Waals surface area contributed by atoms with Gasteiger partial charge in [-0.25, -0.2) is 17.2 Å². The number of hydrogen-bond acceptors (Lipinski definition) is 4. The zero-order valence-corrected chi connectivity index (χ0v) is 14.3. The predicted octanol–water partition coefficient (Wildman–Crippen LogP) is 2.60. The van der Waals surface area contributed by atoms with Gasteiger partial charge >= 0.3 is 0 Å². The van der Waals surface area contributed by atoms with Gasteiger partial charge in [-0.15, -0.1) is 0 Å². The topological polar surface area (TPSA) is 79.6 Å². The molecule has 1 aromatic carbocycles. The van der Waals surface area contributed by atoms with Gasteiger partial charge in [0.2, 0.25) is 15.9 Å². The van der Waals surface area contributed by atoms with Gasteiger partial charge in [0.25, 0.3) is 0 Å². The molecule has 0 bridgehead atoms. The largest absolute Gasteiger partial charge is 0.460 e. The number of amides is 1. The summed E-state index contributed by atoms with van der Waals surface area (Å²) >= 11 is 0. The Labute approximate surface area is 143 Å². The van der Waals surface area contributed by atoms with E-state index in [4.69, 9.17) is 4.42 Å². The van der Waals surface area contributed by atoms with Crippen molar-refractivity contribution in [3.05, 3.63) is 59.6 Å². The molecule has 25 heavy (non-hydrogen) atoms. The molecule has 9 heteroatoms. The number of nitrogens with zero attached hydrogens (tertiary/aromatic N) is 1. The molecule has 1 amide bonds. The van der Waals surface area contributed by atoms with Crippen molar-refractivity contribution in [2.75, 3.05) is 18.6 Å². The van der Waals surface area contributed by atoms with Crippen molar-refractivity contribution in [1.82, 2.24) is 4.31 Å². The van der Waals surface area contributed by atoms with Crippen molar-refractivity contribution < 1.29 is 26.4 Å². The van der Waals surface area contributed by atoms with Crippen LogP contribution in [0, 0.1) is 11.6 Å². The third-order valence-electron chi connectivity index (χ3n) is 3.22. The molecule has 1 heterocycles. The van der Waals surface area contributed by atoms with Gasteiger partial charge in [-0.1, -0.05) is 0 Å². The van der Waals surface area contributed by atoms with Gasteiger partial charge in [-0.05, 0) is 30.3 Å². The van der Waals surface area contributed by atoms with E-state index < -0.39 is 27.6 Å². The van der Waals surface area contributed by atoms with Crippen LogP contribution < -0.4 is 5.32 Å². The minimum Gasteiger partial charge on any atom is -0.460 e. The van der Waals surface area contributed by atoms with Gasteiger partial charge in [-0.2, -0.15) is 4.31 Å². The third-order valence-corrected chi connectivity index (χ3v) is 4.48. The van der Waals surface area contributed by atoms with Crippen LogP contribution in [0.3, 0.4) is 0 Å². The summed E-state index contributed by atoms with van der Waals surface area (Å²) in [4.78, 5) is 11.8. The van der Waals surface area contributed by atoms with E-state index in [1.807, 2.05) is 0 Å². The molecule has 6 nitrogen and oxygen atoms in total. The monoisotopic (exact) mass is 370 g/mol. The summed E-state index contributed by atoms with van der Waals surface area (Å²) in [6, 6.07) is 5.95. The van der Waals surface area contributed by atoms with E-state index in [0.717, 1.165) is 28.8 Å². The first-order valence-electron chi connectivity index (χ1n) is 7.09. The number of halogens is 2. The number of furan rings is 1. The molecule has 0 aliphatic rings. The Kier molecular flexibility index (Phi) is 5.70. The van der Waals surface area contributed by atoms with Crippen LogP contribution in [0.4, 0.5) is 14.5 Å². The van der Waals surface area contributed by atoms with Crippen LogP contribution in [-0.2, 0) is 21.4 Å². The normalized spacial score (nSPS) is 12.0. The molecular formula is C16H16F2N2O4S. The number of anilines is 1. The Morgan fingerprint density at radius 1 is 1.28 bits per heavy atom. The number of nitrogens with one attached hydrogen (secondary N) is 1. The fourth-order valence-electron chi connectivity index (χ4n) is 1.83. The molecule has 2 rings (SSSR count). The van der Waals surface area contributed by atoms with Gasteiger partial charge in [0.15, 0.2) is 0 Å². The highest BCUT2D eigenvalue weighted by atomic mass is 32.2. The Morgan fingerprint density at radius 2 is 2.00 bits per heavy atom. The van der Waals surface area contributed by atoms with Crippen LogP contribution in [0.15, 0.2) is 40.8 Å². The van der Waals surface area contributed by atoms with E-state index in [-0.39, 0.29) is 12.2 Å². The van der Waals surface area contributed by atoms with Crippen LogP contribution >= 0.6 is 0 Å². The summed E-state index contributed by atoms with van der Waals surface area (Å²) < 4.78 is 55.4. The fraction of sp³-hybridized carbons (Fsp3) is 0.188. The Bertz CT molecular complexity index is 907. The lowest BCUT2D eigenvalue weighted by atomic mass is 10.3. The highest BCUT2D eigenvalue weighted by molar-refractivity contribution is 7.88.